The van der Waals surface area contributed by atoms with Crippen molar-refractivity contribution < 1.29 is 0 Å². The average Bonchev–Trinajstić information content (AvgIpc) is 2.65. The molecule has 78 valence electrons. The van der Waals surface area contributed by atoms with Crippen molar-refractivity contribution in [3.63, 3.8) is 0 Å². The molecule has 0 unspecified atom stereocenters. The van der Waals surface area contributed by atoms with Crippen LogP contribution in [0.5, 0.6) is 0 Å². The molecular weight excluding hydrogens is 275 g/mol. The maximum Gasteiger partial charge on any atom is 0.170 e. The molecule has 0 radical (unpaired) electrons. The predicted molar refractivity (Wildman–Crippen MR) is 61.5 cm³/mol. The van der Waals surface area contributed by atoms with Crippen LogP contribution in [0.4, 0.5) is 0 Å². The standard InChI is InChI=1S/C7H4Cl2N4S2/c8-4-1-5(9)13-6(12-4)2-14-7-10-3-11-15-7/h1,3H,2H2. The van der Waals surface area contributed by atoms with Gasteiger partial charge in [0.2, 0.25) is 0 Å². The van der Waals surface area contributed by atoms with Crippen molar-refractivity contribution in [3.05, 3.63) is 28.5 Å². The maximum absolute atomic E-state index is 5.74. The lowest BCUT2D eigenvalue weighted by Gasteiger charge is -1.98. The van der Waals surface area contributed by atoms with Crippen LogP contribution in [0.2, 0.25) is 10.3 Å². The Bertz CT molecular complexity index is 428. The summed E-state index contributed by atoms with van der Waals surface area (Å²) in [5, 5.41) is 0.700. The number of hydrogen-bond donors (Lipinski definition) is 0. The van der Waals surface area contributed by atoms with Crippen molar-refractivity contribution in [2.75, 3.05) is 0 Å². The predicted octanol–water partition coefficient (Wildman–Crippen LogP) is 2.93. The molecule has 15 heavy (non-hydrogen) atoms. The number of halogens is 2. The molecule has 0 N–H and O–H groups in total. The lowest BCUT2D eigenvalue weighted by atomic mass is 10.6. The van der Waals surface area contributed by atoms with Gasteiger partial charge in [-0.25, -0.2) is 15.0 Å². The van der Waals surface area contributed by atoms with Gasteiger partial charge in [-0.05, 0) is 11.5 Å². The summed E-state index contributed by atoms with van der Waals surface area (Å²) >= 11 is 14.3. The first-order valence-electron chi connectivity index (χ1n) is 3.82. The molecule has 0 bridgehead atoms. The number of hydrogen-bond acceptors (Lipinski definition) is 6. The van der Waals surface area contributed by atoms with Crippen molar-refractivity contribution in [1.29, 1.82) is 0 Å². The van der Waals surface area contributed by atoms with E-state index in [1.807, 2.05) is 0 Å². The first-order chi connectivity index (χ1) is 7.24. The fourth-order valence-electron chi connectivity index (χ4n) is 0.852. The topological polar surface area (TPSA) is 51.6 Å². The van der Waals surface area contributed by atoms with Gasteiger partial charge in [0.05, 0.1) is 5.75 Å². The Morgan fingerprint density at radius 3 is 2.60 bits per heavy atom. The highest BCUT2D eigenvalue weighted by Crippen LogP contribution is 2.22. The van der Waals surface area contributed by atoms with Gasteiger partial charge in [-0.15, -0.1) is 0 Å². The van der Waals surface area contributed by atoms with Crippen molar-refractivity contribution in [3.8, 4) is 0 Å². The van der Waals surface area contributed by atoms with Gasteiger partial charge in [-0.1, -0.05) is 35.0 Å². The molecule has 0 aliphatic carbocycles. The molecule has 2 heterocycles. The van der Waals surface area contributed by atoms with Crippen molar-refractivity contribution in [2.24, 2.45) is 0 Å². The molecule has 0 aliphatic rings. The molecule has 0 amide bonds. The number of aromatic nitrogens is 4. The Hall–Kier alpha value is -0.430. The van der Waals surface area contributed by atoms with Crippen LogP contribution in [-0.4, -0.2) is 19.3 Å². The van der Waals surface area contributed by atoms with E-state index in [9.17, 15) is 0 Å². The molecule has 0 aliphatic heterocycles. The molecule has 0 saturated heterocycles. The van der Waals surface area contributed by atoms with Crippen LogP contribution >= 0.6 is 46.5 Å². The van der Waals surface area contributed by atoms with E-state index >= 15 is 0 Å². The van der Waals surface area contributed by atoms with Crippen LogP contribution in [0.15, 0.2) is 16.7 Å². The van der Waals surface area contributed by atoms with Gasteiger partial charge in [0.25, 0.3) is 0 Å². The minimum atomic E-state index is 0.350. The molecule has 2 aromatic heterocycles. The van der Waals surface area contributed by atoms with Crippen LogP contribution in [-0.2, 0) is 5.75 Å². The summed E-state index contributed by atoms with van der Waals surface area (Å²) in [6.07, 6.45) is 1.51. The van der Waals surface area contributed by atoms with E-state index < -0.39 is 0 Å². The van der Waals surface area contributed by atoms with Crippen LogP contribution in [0.1, 0.15) is 5.82 Å². The van der Waals surface area contributed by atoms with E-state index in [4.69, 9.17) is 23.2 Å². The van der Waals surface area contributed by atoms with Gasteiger partial charge in [-0.3, -0.25) is 0 Å². The quantitative estimate of drug-likeness (QED) is 0.638. The third kappa shape index (κ3) is 3.27. The summed E-state index contributed by atoms with van der Waals surface area (Å²) in [7, 11) is 0. The van der Waals surface area contributed by atoms with Gasteiger partial charge >= 0.3 is 0 Å². The Labute approximate surface area is 104 Å². The van der Waals surface area contributed by atoms with Gasteiger partial charge in [0.1, 0.15) is 22.5 Å². The van der Waals surface area contributed by atoms with Gasteiger partial charge in [-0.2, -0.15) is 4.37 Å². The summed E-state index contributed by atoms with van der Waals surface area (Å²) < 4.78 is 4.76. The van der Waals surface area contributed by atoms with Crippen molar-refractivity contribution in [1.82, 2.24) is 19.3 Å². The largest absolute Gasteiger partial charge is 0.220 e. The van der Waals surface area contributed by atoms with Gasteiger partial charge in [0, 0.05) is 6.07 Å². The number of thioether (sulfide) groups is 1. The van der Waals surface area contributed by atoms with Gasteiger partial charge < -0.3 is 0 Å². The minimum Gasteiger partial charge on any atom is -0.220 e. The first kappa shape index (κ1) is 11.1. The zero-order chi connectivity index (χ0) is 10.7. The lowest BCUT2D eigenvalue weighted by Crippen LogP contribution is -1.92. The van der Waals surface area contributed by atoms with E-state index in [-0.39, 0.29) is 0 Å². The molecule has 0 saturated carbocycles. The maximum atomic E-state index is 5.74. The fourth-order valence-corrected chi connectivity index (χ4v) is 2.61. The van der Waals surface area contributed by atoms with E-state index in [0.717, 1.165) is 4.34 Å². The highest BCUT2D eigenvalue weighted by molar-refractivity contribution is 8.00. The zero-order valence-electron chi connectivity index (χ0n) is 7.22. The van der Waals surface area contributed by atoms with Gasteiger partial charge in [0.15, 0.2) is 4.34 Å². The molecule has 0 atom stereocenters. The third-order valence-electron chi connectivity index (χ3n) is 1.38. The molecule has 4 nitrogen and oxygen atoms in total. The van der Waals surface area contributed by atoms with E-state index in [1.165, 1.54) is 35.7 Å². The summed E-state index contributed by atoms with van der Waals surface area (Å²) in [5.41, 5.74) is 0. The number of rotatable bonds is 3. The summed E-state index contributed by atoms with van der Waals surface area (Å²) in [5.74, 6) is 1.17. The second-order valence-corrected chi connectivity index (χ2v) is 5.20. The molecule has 0 aromatic carbocycles. The Morgan fingerprint density at radius 2 is 2.00 bits per heavy atom. The Kier molecular flexibility index (Phi) is 3.74. The third-order valence-corrected chi connectivity index (χ3v) is 3.56. The van der Waals surface area contributed by atoms with Crippen molar-refractivity contribution >= 4 is 46.5 Å². The summed E-state index contributed by atoms with van der Waals surface area (Å²) in [4.78, 5) is 12.1. The minimum absolute atomic E-state index is 0.350. The summed E-state index contributed by atoms with van der Waals surface area (Å²) in [6.45, 7) is 0. The Morgan fingerprint density at radius 1 is 1.27 bits per heavy atom. The number of nitrogens with zero attached hydrogens (tertiary/aromatic N) is 4. The van der Waals surface area contributed by atoms with E-state index in [1.54, 1.807) is 0 Å². The van der Waals surface area contributed by atoms with Crippen LogP contribution in [0.25, 0.3) is 0 Å². The van der Waals surface area contributed by atoms with Crippen molar-refractivity contribution in [2.45, 2.75) is 10.1 Å². The molecule has 2 aromatic rings. The monoisotopic (exact) mass is 278 g/mol. The molecular formula is C7H4Cl2N4S2. The van der Waals surface area contributed by atoms with Crippen LogP contribution in [0, 0.1) is 0 Å². The zero-order valence-corrected chi connectivity index (χ0v) is 10.4. The highest BCUT2D eigenvalue weighted by atomic mass is 35.5. The van der Waals surface area contributed by atoms with E-state index in [2.05, 4.69) is 19.3 Å². The smallest absolute Gasteiger partial charge is 0.170 e. The second-order valence-electron chi connectivity index (χ2n) is 2.43. The second kappa shape index (κ2) is 5.07. The Balaban J connectivity index is 2.05. The molecule has 0 fully saturated rings. The highest BCUT2D eigenvalue weighted by Gasteiger charge is 2.04. The SMILES string of the molecule is Clc1cc(Cl)nc(CSc2ncns2)n1. The van der Waals surface area contributed by atoms with Crippen LogP contribution in [0.3, 0.4) is 0 Å². The lowest BCUT2D eigenvalue weighted by molar-refractivity contribution is 1.03. The first-order valence-corrected chi connectivity index (χ1v) is 6.34. The summed E-state index contributed by atoms with van der Waals surface area (Å²) in [6, 6.07) is 1.50. The van der Waals surface area contributed by atoms with Crippen LogP contribution < -0.4 is 0 Å². The molecule has 0 spiro atoms. The normalized spacial score (nSPS) is 10.5. The molecule has 8 heteroatoms. The molecule has 2 rings (SSSR count). The fraction of sp³-hybridized carbons (Fsp3) is 0.143. The average molecular weight is 279 g/mol. The van der Waals surface area contributed by atoms with E-state index in [0.29, 0.717) is 21.9 Å².